The van der Waals surface area contributed by atoms with E-state index in [1.165, 1.54) is 17.7 Å². The fourth-order valence-corrected chi connectivity index (χ4v) is 1.82. The predicted molar refractivity (Wildman–Crippen MR) is 43.8 cm³/mol. The lowest BCUT2D eigenvalue weighted by atomic mass is 10.3. The third kappa shape index (κ3) is 0.656. The van der Waals surface area contributed by atoms with Gasteiger partial charge >= 0.3 is 0 Å². The number of fused-ring (bicyclic) bond motifs is 3. The molecule has 3 nitrogen and oxygen atoms in total. The molecule has 0 aromatic carbocycles. The molecule has 2 heterocycles. The predicted octanol–water partition coefficient (Wildman–Crippen LogP) is 1.02. The van der Waals surface area contributed by atoms with Gasteiger partial charge in [0.05, 0.1) is 6.20 Å². The Hall–Kier alpha value is -1.38. The van der Waals surface area contributed by atoms with Gasteiger partial charge in [0.25, 0.3) is 0 Å². The Balaban J connectivity index is 2.46. The summed E-state index contributed by atoms with van der Waals surface area (Å²) in [7, 11) is 0. The number of aromatic nitrogens is 3. The van der Waals surface area contributed by atoms with E-state index in [1.807, 2.05) is 6.20 Å². The SMILES string of the molecule is [c]1nc2nccn2c2c1CCC2. The van der Waals surface area contributed by atoms with Gasteiger partial charge in [-0.15, -0.1) is 0 Å². The van der Waals surface area contributed by atoms with E-state index in [4.69, 9.17) is 0 Å². The molecule has 2 aromatic heterocycles. The number of aryl methyl sites for hydroxylation is 2. The molecule has 2 aromatic rings. The van der Waals surface area contributed by atoms with Crippen molar-refractivity contribution in [3.8, 4) is 0 Å². The molecule has 3 heteroatoms. The summed E-state index contributed by atoms with van der Waals surface area (Å²) >= 11 is 0. The van der Waals surface area contributed by atoms with Crippen LogP contribution < -0.4 is 0 Å². The van der Waals surface area contributed by atoms with Crippen molar-refractivity contribution in [2.45, 2.75) is 19.3 Å². The van der Waals surface area contributed by atoms with Crippen LogP contribution in [0.3, 0.4) is 0 Å². The summed E-state index contributed by atoms with van der Waals surface area (Å²) in [5, 5.41) is 0. The van der Waals surface area contributed by atoms with Gasteiger partial charge in [-0.2, -0.15) is 0 Å². The molecule has 0 saturated carbocycles. The van der Waals surface area contributed by atoms with Gasteiger partial charge in [0.2, 0.25) is 5.78 Å². The average molecular weight is 158 g/mol. The summed E-state index contributed by atoms with van der Waals surface area (Å²) in [4.78, 5) is 8.26. The molecule has 3 rings (SSSR count). The summed E-state index contributed by atoms with van der Waals surface area (Å²) in [5.74, 6) is 0.774. The molecule has 1 radical (unpaired) electrons. The fourth-order valence-electron chi connectivity index (χ4n) is 1.82. The van der Waals surface area contributed by atoms with Crippen LogP contribution >= 0.6 is 0 Å². The van der Waals surface area contributed by atoms with Crippen LogP contribution in [0.15, 0.2) is 12.4 Å². The first-order chi connectivity index (χ1) is 5.95. The fraction of sp³-hybridized carbons (Fsp3) is 0.333. The first-order valence-electron chi connectivity index (χ1n) is 4.17. The molecule has 59 valence electrons. The molecule has 0 spiro atoms. The maximum absolute atomic E-state index is 4.14. The molecule has 0 aliphatic heterocycles. The molecule has 0 unspecified atom stereocenters. The van der Waals surface area contributed by atoms with E-state index in [1.54, 1.807) is 6.20 Å². The average Bonchev–Trinajstić information content (AvgIpc) is 2.71. The second kappa shape index (κ2) is 2.06. The standard InChI is InChI=1S/C9H8N3/c1-2-7-6-11-9-10-4-5-12(9)8(7)3-1/h4-5H,1-3H2. The summed E-state index contributed by atoms with van der Waals surface area (Å²) < 4.78 is 2.07. The number of nitrogens with zero attached hydrogens (tertiary/aromatic N) is 3. The van der Waals surface area contributed by atoms with Crippen LogP contribution in [0.5, 0.6) is 0 Å². The minimum absolute atomic E-state index is 0.774. The van der Waals surface area contributed by atoms with Crippen LogP contribution in [0.4, 0.5) is 0 Å². The minimum atomic E-state index is 0.774. The van der Waals surface area contributed by atoms with E-state index < -0.39 is 0 Å². The number of hydrogen-bond acceptors (Lipinski definition) is 2. The van der Waals surface area contributed by atoms with Crippen molar-refractivity contribution in [2.75, 3.05) is 0 Å². The highest BCUT2D eigenvalue weighted by Crippen LogP contribution is 2.20. The maximum Gasteiger partial charge on any atom is 0.234 e. The van der Waals surface area contributed by atoms with Crippen molar-refractivity contribution >= 4 is 5.78 Å². The van der Waals surface area contributed by atoms with E-state index in [0.717, 1.165) is 18.6 Å². The van der Waals surface area contributed by atoms with Crippen molar-refractivity contribution < 1.29 is 0 Å². The topological polar surface area (TPSA) is 30.2 Å². The van der Waals surface area contributed by atoms with Gasteiger partial charge in [-0.1, -0.05) is 0 Å². The summed E-state index contributed by atoms with van der Waals surface area (Å²) in [6.07, 6.45) is 10.3. The number of hydrogen-bond donors (Lipinski definition) is 0. The highest BCUT2D eigenvalue weighted by molar-refractivity contribution is 5.35. The zero-order valence-electron chi connectivity index (χ0n) is 6.62. The summed E-state index contributed by atoms with van der Waals surface area (Å²) in [5.41, 5.74) is 2.61. The minimum Gasteiger partial charge on any atom is -0.288 e. The molecule has 0 bridgehead atoms. The van der Waals surface area contributed by atoms with Crippen molar-refractivity contribution in [3.63, 3.8) is 0 Å². The second-order valence-corrected chi connectivity index (χ2v) is 3.10. The number of rotatable bonds is 0. The lowest BCUT2D eigenvalue weighted by Gasteiger charge is -2.00. The first kappa shape index (κ1) is 6.17. The summed E-state index contributed by atoms with van der Waals surface area (Å²) in [6, 6.07) is 0. The monoisotopic (exact) mass is 158 g/mol. The molecule has 0 N–H and O–H groups in total. The molecule has 0 saturated heterocycles. The molecule has 0 fully saturated rings. The van der Waals surface area contributed by atoms with Gasteiger partial charge in [-0.05, 0) is 19.3 Å². The molecule has 1 aliphatic rings. The Morgan fingerprint density at radius 3 is 3.42 bits per heavy atom. The third-order valence-electron chi connectivity index (χ3n) is 2.39. The van der Waals surface area contributed by atoms with Gasteiger partial charge in [-0.3, -0.25) is 4.40 Å². The van der Waals surface area contributed by atoms with Gasteiger partial charge in [0, 0.05) is 23.7 Å². The molecule has 1 aliphatic carbocycles. The van der Waals surface area contributed by atoms with Gasteiger partial charge in [0.15, 0.2) is 0 Å². The molecule has 0 atom stereocenters. The Bertz CT molecular complexity index is 430. The van der Waals surface area contributed by atoms with Crippen LogP contribution in [-0.4, -0.2) is 14.4 Å². The normalized spacial score (nSPS) is 15.3. The Labute approximate surface area is 70.1 Å². The Morgan fingerprint density at radius 1 is 1.42 bits per heavy atom. The van der Waals surface area contributed by atoms with Gasteiger partial charge in [0.1, 0.15) is 0 Å². The Morgan fingerprint density at radius 2 is 2.42 bits per heavy atom. The van der Waals surface area contributed by atoms with E-state index >= 15 is 0 Å². The van der Waals surface area contributed by atoms with E-state index in [9.17, 15) is 0 Å². The van der Waals surface area contributed by atoms with Crippen molar-refractivity contribution in [1.82, 2.24) is 14.4 Å². The molecular formula is C9H8N3. The maximum atomic E-state index is 4.14. The number of imidazole rings is 1. The Kier molecular flexibility index (Phi) is 1.06. The zero-order chi connectivity index (χ0) is 7.97. The van der Waals surface area contributed by atoms with E-state index in [2.05, 4.69) is 20.6 Å². The zero-order valence-corrected chi connectivity index (χ0v) is 6.62. The van der Waals surface area contributed by atoms with Gasteiger partial charge in [-0.25, -0.2) is 9.97 Å². The molecular weight excluding hydrogens is 150 g/mol. The third-order valence-corrected chi connectivity index (χ3v) is 2.39. The van der Waals surface area contributed by atoms with Crippen molar-refractivity contribution in [1.29, 1.82) is 0 Å². The summed E-state index contributed by atoms with van der Waals surface area (Å²) in [6.45, 7) is 0. The second-order valence-electron chi connectivity index (χ2n) is 3.10. The van der Waals surface area contributed by atoms with Crippen LogP contribution in [0.1, 0.15) is 17.7 Å². The lowest BCUT2D eigenvalue weighted by Crippen LogP contribution is -1.97. The van der Waals surface area contributed by atoms with E-state index in [-0.39, 0.29) is 0 Å². The molecule has 0 amide bonds. The van der Waals surface area contributed by atoms with Crippen molar-refractivity contribution in [2.24, 2.45) is 0 Å². The molecule has 12 heavy (non-hydrogen) atoms. The smallest absolute Gasteiger partial charge is 0.234 e. The largest absolute Gasteiger partial charge is 0.288 e. The quantitative estimate of drug-likeness (QED) is 0.573. The van der Waals surface area contributed by atoms with Crippen LogP contribution in [0.2, 0.25) is 0 Å². The first-order valence-corrected chi connectivity index (χ1v) is 4.17. The highest BCUT2D eigenvalue weighted by atomic mass is 15.1. The van der Waals surface area contributed by atoms with E-state index in [0.29, 0.717) is 0 Å². The van der Waals surface area contributed by atoms with Gasteiger partial charge < -0.3 is 0 Å². The van der Waals surface area contributed by atoms with Crippen LogP contribution in [0.25, 0.3) is 5.78 Å². The van der Waals surface area contributed by atoms with Crippen LogP contribution in [-0.2, 0) is 12.8 Å². The van der Waals surface area contributed by atoms with Crippen LogP contribution in [0, 0.1) is 6.20 Å². The van der Waals surface area contributed by atoms with Crippen molar-refractivity contribution in [3.05, 3.63) is 29.8 Å². The lowest BCUT2D eigenvalue weighted by molar-refractivity contribution is 0.887. The highest BCUT2D eigenvalue weighted by Gasteiger charge is 2.14.